The Labute approximate surface area is 110 Å². The molecule has 0 spiro atoms. The van der Waals surface area contributed by atoms with E-state index in [-0.39, 0.29) is 23.3 Å². The number of carboxylic acids is 1. The van der Waals surface area contributed by atoms with E-state index in [0.29, 0.717) is 5.56 Å². The number of rotatable bonds is 4. The molecule has 1 aliphatic rings. The van der Waals surface area contributed by atoms with E-state index in [0.717, 1.165) is 6.42 Å². The van der Waals surface area contributed by atoms with Crippen LogP contribution in [-0.2, 0) is 0 Å². The van der Waals surface area contributed by atoms with Crippen LogP contribution in [0.3, 0.4) is 0 Å². The summed E-state index contributed by atoms with van der Waals surface area (Å²) in [5.41, 5.74) is 1.69. The highest BCUT2D eigenvalue weighted by molar-refractivity contribution is 6.02. The number of nitrogens with one attached hydrogen (secondary N) is 1. The van der Waals surface area contributed by atoms with Crippen molar-refractivity contribution in [3.63, 3.8) is 0 Å². The van der Waals surface area contributed by atoms with E-state index in [9.17, 15) is 9.59 Å². The Bertz CT molecular complexity index is 630. The number of carbonyl (C=O) groups is 2. The minimum Gasteiger partial charge on any atom is -0.477 e. The summed E-state index contributed by atoms with van der Waals surface area (Å²) in [6, 6.07) is 11.3. The van der Waals surface area contributed by atoms with Gasteiger partial charge in [0.1, 0.15) is 5.69 Å². The minimum absolute atomic E-state index is 0.0140. The lowest BCUT2D eigenvalue weighted by Gasteiger charge is -1.98. The minimum atomic E-state index is -1.05. The molecule has 2 atom stereocenters. The van der Waals surface area contributed by atoms with Gasteiger partial charge in [0.25, 0.3) is 0 Å². The molecule has 96 valence electrons. The van der Waals surface area contributed by atoms with Gasteiger partial charge in [0, 0.05) is 17.7 Å². The van der Waals surface area contributed by atoms with Crippen LogP contribution in [0, 0.1) is 5.92 Å². The molecule has 4 nitrogen and oxygen atoms in total. The monoisotopic (exact) mass is 255 g/mol. The number of carbonyl (C=O) groups excluding carboxylic acids is 1. The Morgan fingerprint density at radius 3 is 2.58 bits per heavy atom. The molecule has 0 amide bonds. The average Bonchev–Trinajstić information content (AvgIpc) is 3.06. The summed E-state index contributed by atoms with van der Waals surface area (Å²) in [4.78, 5) is 25.6. The van der Waals surface area contributed by atoms with Gasteiger partial charge in [-0.1, -0.05) is 30.3 Å². The van der Waals surface area contributed by atoms with Crippen LogP contribution in [0.5, 0.6) is 0 Å². The molecule has 0 aliphatic heterocycles. The number of ketones is 1. The predicted octanol–water partition coefficient (Wildman–Crippen LogP) is 2.70. The third kappa shape index (κ3) is 2.17. The molecule has 3 rings (SSSR count). The fourth-order valence-electron chi connectivity index (χ4n) is 2.43. The molecule has 0 radical (unpaired) electrons. The van der Waals surface area contributed by atoms with Gasteiger partial charge in [-0.3, -0.25) is 4.79 Å². The Morgan fingerprint density at radius 1 is 1.21 bits per heavy atom. The molecule has 1 fully saturated rings. The third-order valence-electron chi connectivity index (χ3n) is 3.55. The summed E-state index contributed by atoms with van der Waals surface area (Å²) in [5.74, 6) is -0.760. The van der Waals surface area contributed by atoms with Crippen LogP contribution in [0.1, 0.15) is 38.7 Å². The van der Waals surface area contributed by atoms with Crippen molar-refractivity contribution in [3.8, 4) is 0 Å². The van der Waals surface area contributed by atoms with Crippen molar-refractivity contribution >= 4 is 11.8 Å². The number of Topliss-reactive ketones (excluding diaryl/α,β-unsaturated/α-hetero) is 1. The van der Waals surface area contributed by atoms with Gasteiger partial charge in [-0.05, 0) is 24.0 Å². The molecule has 1 aromatic heterocycles. The molecule has 1 heterocycles. The van der Waals surface area contributed by atoms with E-state index in [4.69, 9.17) is 5.11 Å². The second kappa shape index (κ2) is 4.39. The molecule has 1 aromatic carbocycles. The Kier molecular flexibility index (Phi) is 2.71. The summed E-state index contributed by atoms with van der Waals surface area (Å²) in [6.45, 7) is 0. The highest BCUT2D eigenvalue weighted by Gasteiger charge is 2.44. The van der Waals surface area contributed by atoms with Gasteiger partial charge in [0.05, 0.1) is 0 Å². The molecule has 0 bridgehead atoms. The predicted molar refractivity (Wildman–Crippen MR) is 69.4 cm³/mol. The maximum absolute atomic E-state index is 12.2. The molecular weight excluding hydrogens is 242 g/mol. The van der Waals surface area contributed by atoms with Crippen LogP contribution in [0.4, 0.5) is 0 Å². The van der Waals surface area contributed by atoms with E-state index < -0.39 is 5.97 Å². The zero-order chi connectivity index (χ0) is 13.4. The Morgan fingerprint density at radius 2 is 1.95 bits per heavy atom. The van der Waals surface area contributed by atoms with Gasteiger partial charge in [-0.25, -0.2) is 4.79 Å². The number of aromatic carboxylic acids is 1. The van der Waals surface area contributed by atoms with E-state index in [1.165, 1.54) is 17.8 Å². The van der Waals surface area contributed by atoms with Gasteiger partial charge in [0.2, 0.25) is 0 Å². The molecule has 19 heavy (non-hydrogen) atoms. The fourth-order valence-corrected chi connectivity index (χ4v) is 2.43. The molecular formula is C15H13NO3. The SMILES string of the molecule is O=C(O)c1cc(C(=O)C2CC2c2ccccc2)c[nH]1. The van der Waals surface area contributed by atoms with Crippen molar-refractivity contribution in [1.82, 2.24) is 4.98 Å². The van der Waals surface area contributed by atoms with Crippen LogP contribution in [0.2, 0.25) is 0 Å². The first-order valence-corrected chi connectivity index (χ1v) is 6.17. The quantitative estimate of drug-likeness (QED) is 0.825. The lowest BCUT2D eigenvalue weighted by molar-refractivity contribution is 0.0691. The molecule has 1 aliphatic carbocycles. The topological polar surface area (TPSA) is 70.2 Å². The van der Waals surface area contributed by atoms with Crippen molar-refractivity contribution in [3.05, 3.63) is 59.4 Å². The standard InChI is InChI=1S/C15H13NO3/c17-14(10-6-13(15(18)19)16-8-10)12-7-11(12)9-4-2-1-3-5-9/h1-6,8,11-12,16H,7H2,(H,18,19). The van der Waals surface area contributed by atoms with Gasteiger partial charge in [-0.15, -0.1) is 0 Å². The number of hydrogen-bond acceptors (Lipinski definition) is 2. The number of hydrogen-bond donors (Lipinski definition) is 2. The summed E-state index contributed by atoms with van der Waals surface area (Å²) < 4.78 is 0. The van der Waals surface area contributed by atoms with Crippen molar-refractivity contribution in [1.29, 1.82) is 0 Å². The normalized spacial score (nSPS) is 21.1. The summed E-state index contributed by atoms with van der Waals surface area (Å²) in [5, 5.41) is 8.82. The first-order chi connectivity index (χ1) is 9.16. The lowest BCUT2D eigenvalue weighted by Crippen LogP contribution is -2.02. The van der Waals surface area contributed by atoms with Crippen LogP contribution < -0.4 is 0 Å². The van der Waals surface area contributed by atoms with E-state index in [1.54, 1.807) is 0 Å². The maximum atomic E-state index is 12.2. The van der Waals surface area contributed by atoms with Crippen LogP contribution in [0.15, 0.2) is 42.6 Å². The smallest absolute Gasteiger partial charge is 0.352 e. The molecule has 2 aromatic rings. The maximum Gasteiger partial charge on any atom is 0.352 e. The fraction of sp³-hybridized carbons (Fsp3) is 0.200. The molecule has 2 N–H and O–H groups in total. The highest BCUT2D eigenvalue weighted by atomic mass is 16.4. The Hall–Kier alpha value is -2.36. The number of benzene rings is 1. The number of aromatic amines is 1. The van der Waals surface area contributed by atoms with Gasteiger partial charge in [-0.2, -0.15) is 0 Å². The van der Waals surface area contributed by atoms with Crippen LogP contribution in [-0.4, -0.2) is 21.8 Å². The zero-order valence-corrected chi connectivity index (χ0v) is 10.2. The first kappa shape index (κ1) is 11.7. The number of H-pyrrole nitrogens is 1. The summed E-state index contributed by atoms with van der Waals surface area (Å²) in [6.07, 6.45) is 2.32. The summed E-state index contributed by atoms with van der Waals surface area (Å²) >= 11 is 0. The number of aromatic nitrogens is 1. The number of carboxylic acid groups (broad SMARTS) is 1. The second-order valence-electron chi connectivity index (χ2n) is 4.83. The second-order valence-corrected chi connectivity index (χ2v) is 4.83. The van der Waals surface area contributed by atoms with Crippen molar-refractivity contribution in [2.45, 2.75) is 12.3 Å². The highest BCUT2D eigenvalue weighted by Crippen LogP contribution is 2.49. The van der Waals surface area contributed by atoms with Crippen molar-refractivity contribution in [2.24, 2.45) is 5.92 Å². The largest absolute Gasteiger partial charge is 0.477 e. The summed E-state index contributed by atoms with van der Waals surface area (Å²) in [7, 11) is 0. The molecule has 4 heteroatoms. The molecule has 2 unspecified atom stereocenters. The lowest BCUT2D eigenvalue weighted by atomic mass is 10.0. The van der Waals surface area contributed by atoms with Crippen LogP contribution >= 0.6 is 0 Å². The van der Waals surface area contributed by atoms with Gasteiger partial charge < -0.3 is 10.1 Å². The first-order valence-electron chi connectivity index (χ1n) is 6.17. The van der Waals surface area contributed by atoms with Crippen molar-refractivity contribution < 1.29 is 14.7 Å². The average molecular weight is 255 g/mol. The van der Waals surface area contributed by atoms with Crippen LogP contribution in [0.25, 0.3) is 0 Å². The van der Waals surface area contributed by atoms with E-state index in [1.807, 2.05) is 30.3 Å². The van der Waals surface area contributed by atoms with Crippen molar-refractivity contribution in [2.75, 3.05) is 0 Å². The van der Waals surface area contributed by atoms with E-state index in [2.05, 4.69) is 4.98 Å². The van der Waals surface area contributed by atoms with Gasteiger partial charge in [0.15, 0.2) is 5.78 Å². The van der Waals surface area contributed by atoms with E-state index >= 15 is 0 Å². The van der Waals surface area contributed by atoms with Gasteiger partial charge >= 0.3 is 5.97 Å². The molecule has 1 saturated carbocycles. The third-order valence-corrected chi connectivity index (χ3v) is 3.55. The Balaban J connectivity index is 1.74. The molecule has 0 saturated heterocycles. The zero-order valence-electron chi connectivity index (χ0n) is 10.2.